The molecule has 1 aliphatic rings. The fourth-order valence-corrected chi connectivity index (χ4v) is 2.15. The van der Waals surface area contributed by atoms with E-state index in [1.165, 1.54) is 16.7 Å². The molecule has 0 aromatic heterocycles. The van der Waals surface area contributed by atoms with Gasteiger partial charge in [-0.05, 0) is 30.0 Å². The van der Waals surface area contributed by atoms with Crippen LogP contribution in [-0.4, -0.2) is 19.7 Å². The molecule has 2 N–H and O–H groups in total. The van der Waals surface area contributed by atoms with Gasteiger partial charge in [0.25, 0.3) is 0 Å². The molecule has 0 aliphatic carbocycles. The second-order valence-corrected chi connectivity index (χ2v) is 4.49. The molecule has 0 unspecified atom stereocenters. The molecule has 1 heterocycles. The molecule has 86 valence electrons. The highest BCUT2D eigenvalue weighted by Gasteiger charge is 2.21. The van der Waals surface area contributed by atoms with Crippen LogP contribution in [0, 0.1) is 0 Å². The van der Waals surface area contributed by atoms with Crippen molar-refractivity contribution in [3.8, 4) is 0 Å². The number of hydrogen-bond donors (Lipinski definition) is 1. The molecule has 1 atom stereocenters. The normalized spacial score (nSPS) is 19.2. The average molecular weight is 218 g/mol. The molecule has 2 heteroatoms. The maximum Gasteiger partial charge on any atom is 0.131 e. The van der Waals surface area contributed by atoms with Crippen LogP contribution in [0.3, 0.4) is 0 Å². The third kappa shape index (κ3) is 2.71. The van der Waals surface area contributed by atoms with Gasteiger partial charge < -0.3 is 10.1 Å². The molecular weight excluding hydrogens is 198 g/mol. The van der Waals surface area contributed by atoms with Crippen molar-refractivity contribution >= 4 is 0 Å². The van der Waals surface area contributed by atoms with Crippen molar-refractivity contribution in [1.82, 2.24) is 0 Å². The molecule has 16 heavy (non-hydrogen) atoms. The highest BCUT2D eigenvalue weighted by atomic mass is 16.5. The van der Waals surface area contributed by atoms with Gasteiger partial charge in [0.2, 0.25) is 0 Å². The molecule has 1 aliphatic heterocycles. The number of benzene rings is 1. The molecule has 1 aromatic rings. The molecule has 0 saturated carbocycles. The lowest BCUT2D eigenvalue weighted by Gasteiger charge is -2.24. The highest BCUT2D eigenvalue weighted by Crippen LogP contribution is 2.25. The Labute approximate surface area is 97.3 Å². The van der Waals surface area contributed by atoms with Crippen LogP contribution in [0.15, 0.2) is 36.4 Å². The van der Waals surface area contributed by atoms with Crippen molar-refractivity contribution in [1.29, 1.82) is 0 Å². The largest absolute Gasteiger partial charge is 0.367 e. The van der Waals surface area contributed by atoms with Crippen LogP contribution in [0.25, 0.3) is 0 Å². The Morgan fingerprint density at radius 3 is 3.12 bits per heavy atom. The molecule has 0 radical (unpaired) electrons. The summed E-state index contributed by atoms with van der Waals surface area (Å²) in [6, 6.07) is 8.61. The predicted molar refractivity (Wildman–Crippen MR) is 65.3 cm³/mol. The van der Waals surface area contributed by atoms with E-state index in [1.807, 2.05) is 0 Å². The fraction of sp³-hybridized carbons (Fsp3) is 0.429. The van der Waals surface area contributed by atoms with E-state index in [0.717, 1.165) is 26.1 Å². The zero-order valence-corrected chi connectivity index (χ0v) is 9.91. The summed E-state index contributed by atoms with van der Waals surface area (Å²) in [5.74, 6) is 0. The Kier molecular flexibility index (Phi) is 3.75. The van der Waals surface area contributed by atoms with Gasteiger partial charge in [-0.15, -0.1) is 0 Å². The summed E-state index contributed by atoms with van der Waals surface area (Å²) in [7, 11) is 0. The monoisotopic (exact) mass is 218 g/mol. The third-order valence-corrected chi connectivity index (χ3v) is 2.97. The molecular formula is C14H20NO+. The number of ether oxygens (including phenoxy) is 1. The lowest BCUT2D eigenvalue weighted by Crippen LogP contribution is -2.85. The van der Waals surface area contributed by atoms with Crippen molar-refractivity contribution in [2.24, 2.45) is 0 Å². The average Bonchev–Trinajstić information content (AvgIpc) is 2.29. The Morgan fingerprint density at radius 2 is 2.31 bits per heavy atom. The second kappa shape index (κ2) is 5.28. The van der Waals surface area contributed by atoms with Gasteiger partial charge in [-0.25, -0.2) is 0 Å². The van der Waals surface area contributed by atoms with Crippen LogP contribution in [0.5, 0.6) is 0 Å². The molecule has 2 nitrogen and oxygen atoms in total. The first-order valence-electron chi connectivity index (χ1n) is 5.93. The smallest absolute Gasteiger partial charge is 0.131 e. The Balaban J connectivity index is 1.99. The van der Waals surface area contributed by atoms with Gasteiger partial charge in [0.1, 0.15) is 12.6 Å². The van der Waals surface area contributed by atoms with Crippen LogP contribution in [-0.2, 0) is 11.2 Å². The van der Waals surface area contributed by atoms with E-state index in [9.17, 15) is 0 Å². The highest BCUT2D eigenvalue weighted by molar-refractivity contribution is 5.30. The fourth-order valence-electron chi connectivity index (χ4n) is 2.15. The van der Waals surface area contributed by atoms with Crippen LogP contribution in [0.1, 0.15) is 24.2 Å². The van der Waals surface area contributed by atoms with Gasteiger partial charge in [0.05, 0.1) is 13.2 Å². The van der Waals surface area contributed by atoms with E-state index < -0.39 is 0 Å². The van der Waals surface area contributed by atoms with Gasteiger partial charge in [-0.3, -0.25) is 0 Å². The molecule has 0 saturated heterocycles. The minimum absolute atomic E-state index is 0.254. The van der Waals surface area contributed by atoms with Gasteiger partial charge in [0, 0.05) is 0 Å². The molecule has 1 aromatic carbocycles. The number of fused-ring (bicyclic) bond motifs is 1. The number of rotatable bonds is 4. The van der Waals surface area contributed by atoms with Crippen molar-refractivity contribution in [2.75, 3.05) is 19.7 Å². The van der Waals surface area contributed by atoms with Gasteiger partial charge in [0.15, 0.2) is 0 Å². The molecule has 0 fully saturated rings. The van der Waals surface area contributed by atoms with Crippen molar-refractivity contribution in [3.05, 3.63) is 47.5 Å². The predicted octanol–water partition coefficient (Wildman–Crippen LogP) is 1.44. The summed E-state index contributed by atoms with van der Waals surface area (Å²) >= 11 is 0. The summed E-state index contributed by atoms with van der Waals surface area (Å²) in [4.78, 5) is 0. The van der Waals surface area contributed by atoms with Gasteiger partial charge in [-0.2, -0.15) is 0 Å². The standard InChI is InChI=1S/C14H19NO/c1-11(2)9-15-10-14-13-6-4-3-5-12(13)7-8-16-14/h3-6,14-15H,1,7-10H2,2H3/p+1/t14-/m0/s1. The zero-order chi connectivity index (χ0) is 11.4. The zero-order valence-electron chi connectivity index (χ0n) is 9.91. The summed E-state index contributed by atoms with van der Waals surface area (Å²) < 4.78 is 5.83. The van der Waals surface area contributed by atoms with E-state index >= 15 is 0 Å². The Morgan fingerprint density at radius 1 is 1.50 bits per heavy atom. The van der Waals surface area contributed by atoms with Crippen LogP contribution < -0.4 is 5.32 Å². The number of nitrogens with two attached hydrogens (primary N) is 1. The summed E-state index contributed by atoms with van der Waals surface area (Å²) in [6.07, 6.45) is 1.30. The van der Waals surface area contributed by atoms with Crippen molar-refractivity contribution in [2.45, 2.75) is 19.4 Å². The lowest BCUT2D eigenvalue weighted by molar-refractivity contribution is -0.655. The minimum atomic E-state index is 0.254. The minimum Gasteiger partial charge on any atom is -0.367 e. The van der Waals surface area contributed by atoms with E-state index in [0.29, 0.717) is 0 Å². The molecule has 0 amide bonds. The summed E-state index contributed by atoms with van der Waals surface area (Å²) in [5.41, 5.74) is 4.03. The Hall–Kier alpha value is -1.12. The van der Waals surface area contributed by atoms with E-state index in [4.69, 9.17) is 4.74 Å². The second-order valence-electron chi connectivity index (χ2n) is 4.49. The van der Waals surface area contributed by atoms with Gasteiger partial charge in [-0.1, -0.05) is 30.8 Å². The quantitative estimate of drug-likeness (QED) is 0.760. The lowest BCUT2D eigenvalue weighted by atomic mass is 9.97. The number of quaternary nitrogens is 1. The van der Waals surface area contributed by atoms with Crippen molar-refractivity contribution in [3.63, 3.8) is 0 Å². The van der Waals surface area contributed by atoms with E-state index in [-0.39, 0.29) is 6.10 Å². The first kappa shape index (κ1) is 11.4. The molecule has 2 rings (SSSR count). The maximum absolute atomic E-state index is 5.83. The Bertz CT molecular complexity index is 373. The molecule has 0 bridgehead atoms. The first-order valence-corrected chi connectivity index (χ1v) is 5.93. The van der Waals surface area contributed by atoms with Crippen LogP contribution >= 0.6 is 0 Å². The summed E-state index contributed by atoms with van der Waals surface area (Å²) in [6.45, 7) is 8.80. The first-order chi connectivity index (χ1) is 7.77. The van der Waals surface area contributed by atoms with Crippen LogP contribution in [0.2, 0.25) is 0 Å². The maximum atomic E-state index is 5.83. The number of hydrogen-bond acceptors (Lipinski definition) is 1. The van der Waals surface area contributed by atoms with Gasteiger partial charge >= 0.3 is 0 Å². The SMILES string of the molecule is C=C(C)C[NH2+]C[C@@H]1OCCc2ccccc21. The van der Waals surface area contributed by atoms with E-state index in [2.05, 4.69) is 43.1 Å². The van der Waals surface area contributed by atoms with E-state index in [1.54, 1.807) is 0 Å². The summed E-state index contributed by atoms with van der Waals surface area (Å²) in [5, 5.41) is 2.27. The third-order valence-electron chi connectivity index (χ3n) is 2.97. The van der Waals surface area contributed by atoms with Crippen LogP contribution in [0.4, 0.5) is 0 Å². The molecule has 0 spiro atoms. The topological polar surface area (TPSA) is 25.8 Å². The van der Waals surface area contributed by atoms with Crippen molar-refractivity contribution < 1.29 is 10.1 Å².